The first-order valence-electron chi connectivity index (χ1n) is 9.16. The van der Waals surface area contributed by atoms with Crippen molar-refractivity contribution in [2.75, 3.05) is 23.7 Å². The molecule has 1 amide bonds. The van der Waals surface area contributed by atoms with Crippen LogP contribution in [-0.2, 0) is 9.59 Å². The number of carboxylic acids is 1. The monoisotopic (exact) mass is 360 g/mol. The largest absolute Gasteiger partial charge is 0.480 e. The molecule has 1 aromatic carbocycles. The van der Waals surface area contributed by atoms with Crippen LogP contribution in [0.1, 0.15) is 32.1 Å². The lowest BCUT2D eigenvalue weighted by Gasteiger charge is -2.35. The van der Waals surface area contributed by atoms with Crippen LogP contribution in [0.5, 0.6) is 0 Å². The predicted octanol–water partition coefficient (Wildman–Crippen LogP) is 2.84. The van der Waals surface area contributed by atoms with E-state index in [4.69, 9.17) is 0 Å². The van der Waals surface area contributed by atoms with Crippen LogP contribution >= 0.6 is 11.8 Å². The van der Waals surface area contributed by atoms with E-state index >= 15 is 0 Å². The average Bonchev–Trinajstić information content (AvgIpc) is 3.00. The van der Waals surface area contributed by atoms with Gasteiger partial charge in [-0.25, -0.2) is 0 Å². The second kappa shape index (κ2) is 7.00. The molecular formula is C19H24N2O3S. The van der Waals surface area contributed by atoms with E-state index in [2.05, 4.69) is 0 Å². The summed E-state index contributed by atoms with van der Waals surface area (Å²) in [5, 5.41) is 9.64. The molecule has 6 heteroatoms. The van der Waals surface area contributed by atoms with Crippen molar-refractivity contribution in [3.63, 3.8) is 0 Å². The SMILES string of the molecule is O=C(O)[C@@H]1C[C@H]2CCCC[C@@H]2N1CC(=O)N1CCSc2ccccc21. The highest BCUT2D eigenvalue weighted by molar-refractivity contribution is 7.99. The van der Waals surface area contributed by atoms with Crippen LogP contribution < -0.4 is 4.90 Å². The lowest BCUT2D eigenvalue weighted by Crippen LogP contribution is -2.49. The Morgan fingerprint density at radius 2 is 2.00 bits per heavy atom. The first-order valence-corrected chi connectivity index (χ1v) is 10.1. The first-order chi connectivity index (χ1) is 12.1. The van der Waals surface area contributed by atoms with E-state index in [9.17, 15) is 14.7 Å². The predicted molar refractivity (Wildman–Crippen MR) is 98.0 cm³/mol. The van der Waals surface area contributed by atoms with Crippen LogP contribution in [0.25, 0.3) is 0 Å². The fourth-order valence-corrected chi connectivity index (χ4v) is 5.69. The molecular weight excluding hydrogens is 336 g/mol. The van der Waals surface area contributed by atoms with E-state index in [0.717, 1.165) is 35.6 Å². The maximum atomic E-state index is 13.0. The summed E-state index contributed by atoms with van der Waals surface area (Å²) >= 11 is 1.77. The summed E-state index contributed by atoms with van der Waals surface area (Å²) < 4.78 is 0. The summed E-state index contributed by atoms with van der Waals surface area (Å²) in [5.41, 5.74) is 0.968. The van der Waals surface area contributed by atoms with Gasteiger partial charge in [-0.15, -0.1) is 11.8 Å². The molecule has 1 saturated carbocycles. The number of hydrogen-bond donors (Lipinski definition) is 1. The maximum absolute atomic E-state index is 13.0. The van der Waals surface area contributed by atoms with Crippen molar-refractivity contribution in [1.82, 2.24) is 4.90 Å². The third-order valence-corrected chi connectivity index (χ3v) is 6.90. The summed E-state index contributed by atoms with van der Waals surface area (Å²) in [6.45, 7) is 0.914. The van der Waals surface area contributed by atoms with Gasteiger partial charge in [0.2, 0.25) is 5.91 Å². The molecule has 1 N–H and O–H groups in total. The Balaban J connectivity index is 1.54. The van der Waals surface area contributed by atoms with Crippen LogP contribution in [0.2, 0.25) is 0 Å². The average molecular weight is 360 g/mol. The van der Waals surface area contributed by atoms with Crippen molar-refractivity contribution in [1.29, 1.82) is 0 Å². The van der Waals surface area contributed by atoms with E-state index in [1.807, 2.05) is 34.1 Å². The van der Waals surface area contributed by atoms with Gasteiger partial charge in [-0.3, -0.25) is 14.5 Å². The number of anilines is 1. The standard InChI is InChI=1S/C19H24N2O3S/c22-18(20-9-10-25-17-8-4-3-7-15(17)20)12-21-14-6-2-1-5-13(14)11-16(21)19(23)24/h3-4,7-8,13-14,16H,1-2,5-6,9-12H2,(H,23,24)/t13-,14+,16+/m1/s1. The Hall–Kier alpha value is -1.53. The summed E-state index contributed by atoms with van der Waals surface area (Å²) in [5.74, 6) is 0.575. The van der Waals surface area contributed by atoms with Crippen molar-refractivity contribution in [2.24, 2.45) is 5.92 Å². The van der Waals surface area contributed by atoms with E-state index in [-0.39, 0.29) is 18.5 Å². The minimum atomic E-state index is -0.781. The Morgan fingerprint density at radius 3 is 2.84 bits per heavy atom. The number of hydrogen-bond acceptors (Lipinski definition) is 4. The number of para-hydroxylation sites is 1. The number of likely N-dealkylation sites (tertiary alicyclic amines) is 1. The second-order valence-electron chi connectivity index (χ2n) is 7.24. The lowest BCUT2D eigenvalue weighted by atomic mass is 9.85. The number of fused-ring (bicyclic) bond motifs is 2. The molecule has 2 aliphatic heterocycles. The van der Waals surface area contributed by atoms with Gasteiger partial charge in [0.05, 0.1) is 12.2 Å². The number of carbonyl (C=O) groups is 2. The van der Waals surface area contributed by atoms with Crippen LogP contribution in [0.15, 0.2) is 29.2 Å². The van der Waals surface area contributed by atoms with E-state index in [0.29, 0.717) is 18.9 Å². The van der Waals surface area contributed by atoms with Gasteiger partial charge in [-0.05, 0) is 37.3 Å². The van der Waals surface area contributed by atoms with Gasteiger partial charge in [0.25, 0.3) is 0 Å². The quantitative estimate of drug-likeness (QED) is 0.898. The van der Waals surface area contributed by atoms with Crippen molar-refractivity contribution >= 4 is 29.3 Å². The fourth-order valence-electron chi connectivity index (χ4n) is 4.69. The molecule has 3 aliphatic rings. The van der Waals surface area contributed by atoms with Crippen molar-refractivity contribution < 1.29 is 14.7 Å². The molecule has 0 aromatic heterocycles. The van der Waals surface area contributed by atoms with Gasteiger partial charge in [-0.2, -0.15) is 0 Å². The second-order valence-corrected chi connectivity index (χ2v) is 8.37. The van der Waals surface area contributed by atoms with Gasteiger partial charge in [0.15, 0.2) is 0 Å². The molecule has 1 aromatic rings. The number of thioether (sulfide) groups is 1. The molecule has 2 heterocycles. The summed E-state index contributed by atoms with van der Waals surface area (Å²) in [4.78, 5) is 29.7. The highest BCUT2D eigenvalue weighted by Gasteiger charge is 2.46. The zero-order valence-electron chi connectivity index (χ0n) is 14.3. The molecule has 5 nitrogen and oxygen atoms in total. The molecule has 0 bridgehead atoms. The third-order valence-electron chi connectivity index (χ3n) is 5.85. The third kappa shape index (κ3) is 3.17. The van der Waals surface area contributed by atoms with E-state index in [1.54, 1.807) is 11.8 Å². The highest BCUT2D eigenvalue weighted by atomic mass is 32.2. The minimum Gasteiger partial charge on any atom is -0.480 e. The molecule has 1 aliphatic carbocycles. The summed E-state index contributed by atoms with van der Waals surface area (Å²) in [7, 11) is 0. The van der Waals surface area contributed by atoms with Gasteiger partial charge in [0.1, 0.15) is 6.04 Å². The van der Waals surface area contributed by atoms with Gasteiger partial charge in [0, 0.05) is 23.2 Å². The number of carboxylic acid groups (broad SMARTS) is 1. The van der Waals surface area contributed by atoms with E-state index in [1.165, 1.54) is 6.42 Å². The number of benzene rings is 1. The van der Waals surface area contributed by atoms with Crippen LogP contribution in [-0.4, -0.2) is 52.8 Å². The molecule has 0 unspecified atom stereocenters. The molecule has 1 saturated heterocycles. The van der Waals surface area contributed by atoms with Crippen molar-refractivity contribution in [3.05, 3.63) is 24.3 Å². The zero-order chi connectivity index (χ0) is 17.4. The topological polar surface area (TPSA) is 60.9 Å². The Bertz CT molecular complexity index is 680. The molecule has 4 rings (SSSR count). The van der Waals surface area contributed by atoms with Crippen LogP contribution in [0, 0.1) is 5.92 Å². The molecule has 134 valence electrons. The number of nitrogens with zero attached hydrogens (tertiary/aromatic N) is 2. The summed E-state index contributed by atoms with van der Waals surface area (Å²) in [6.07, 6.45) is 5.14. The summed E-state index contributed by atoms with van der Waals surface area (Å²) in [6, 6.07) is 7.74. The highest BCUT2D eigenvalue weighted by Crippen LogP contribution is 2.40. The molecule has 0 spiro atoms. The van der Waals surface area contributed by atoms with Crippen LogP contribution in [0.4, 0.5) is 5.69 Å². The molecule has 0 radical (unpaired) electrons. The smallest absolute Gasteiger partial charge is 0.320 e. The number of aliphatic carboxylic acids is 1. The number of amides is 1. The molecule has 25 heavy (non-hydrogen) atoms. The zero-order valence-corrected chi connectivity index (χ0v) is 15.1. The van der Waals surface area contributed by atoms with Crippen molar-refractivity contribution in [2.45, 2.75) is 49.1 Å². The normalized spacial score (nSPS) is 29.1. The van der Waals surface area contributed by atoms with Crippen LogP contribution in [0.3, 0.4) is 0 Å². The Labute approximate surface area is 152 Å². The molecule has 3 atom stereocenters. The molecule has 2 fully saturated rings. The van der Waals surface area contributed by atoms with Gasteiger partial charge in [-0.1, -0.05) is 25.0 Å². The number of rotatable bonds is 3. The maximum Gasteiger partial charge on any atom is 0.320 e. The Kier molecular flexibility index (Phi) is 4.73. The fraction of sp³-hybridized carbons (Fsp3) is 0.579. The Morgan fingerprint density at radius 1 is 1.20 bits per heavy atom. The van der Waals surface area contributed by atoms with E-state index < -0.39 is 12.0 Å². The van der Waals surface area contributed by atoms with Gasteiger partial charge >= 0.3 is 5.97 Å². The minimum absolute atomic E-state index is 0.0326. The van der Waals surface area contributed by atoms with Crippen molar-refractivity contribution in [3.8, 4) is 0 Å². The number of carbonyl (C=O) groups excluding carboxylic acids is 1. The lowest BCUT2D eigenvalue weighted by molar-refractivity contribution is -0.143. The van der Waals surface area contributed by atoms with Gasteiger partial charge < -0.3 is 10.0 Å². The first kappa shape index (κ1) is 16.9.